The summed E-state index contributed by atoms with van der Waals surface area (Å²) >= 11 is 3.40. The van der Waals surface area contributed by atoms with Crippen LogP contribution in [0, 0.1) is 6.92 Å². The molecule has 0 spiro atoms. The van der Waals surface area contributed by atoms with E-state index in [0.717, 1.165) is 10.0 Å². The molecule has 2 amide bonds. The lowest BCUT2D eigenvalue weighted by atomic mass is 10.2. The van der Waals surface area contributed by atoms with Gasteiger partial charge in [-0.25, -0.2) is 10.2 Å². The Kier molecular flexibility index (Phi) is 4.35. The highest BCUT2D eigenvalue weighted by Gasteiger charge is 2.01. The molecule has 0 saturated heterocycles. The summed E-state index contributed by atoms with van der Waals surface area (Å²) in [5.41, 5.74) is 4.09. The molecule has 98 valence electrons. The van der Waals surface area contributed by atoms with Crippen LogP contribution in [0.3, 0.4) is 0 Å². The van der Waals surface area contributed by atoms with E-state index in [0.29, 0.717) is 11.4 Å². The van der Waals surface area contributed by atoms with Crippen LogP contribution in [0.25, 0.3) is 0 Å². The van der Waals surface area contributed by atoms with E-state index in [1.165, 1.54) is 12.5 Å². The number of hydrogen-bond acceptors (Lipinski definition) is 3. The first-order chi connectivity index (χ1) is 9.15. The molecular weight excluding hydrogens is 310 g/mol. The maximum absolute atomic E-state index is 11.6. The molecule has 0 aliphatic heterocycles. The number of rotatable bonds is 3. The minimum Gasteiger partial charge on any atom is -0.463 e. The van der Waals surface area contributed by atoms with Gasteiger partial charge in [0.2, 0.25) is 0 Å². The van der Waals surface area contributed by atoms with Crippen LogP contribution in [0.5, 0.6) is 0 Å². The normalized spacial score (nSPS) is 10.6. The molecule has 0 unspecified atom stereocenters. The summed E-state index contributed by atoms with van der Waals surface area (Å²) in [6.45, 7) is 1.95. The van der Waals surface area contributed by atoms with Crippen molar-refractivity contribution in [2.45, 2.75) is 6.92 Å². The van der Waals surface area contributed by atoms with Crippen LogP contribution in [-0.4, -0.2) is 12.2 Å². The average Bonchev–Trinajstić information content (AvgIpc) is 2.87. The minimum absolute atomic E-state index is 0.412. The van der Waals surface area contributed by atoms with E-state index in [1.807, 2.05) is 19.1 Å². The standard InChI is InChI=1S/C13H12BrN3O2/c1-9-7-10(4-5-12(9)14)16-13(18)17-15-8-11-3-2-6-19-11/h2-8H,1H3,(H2,16,17,18)/b15-8-. The molecular formula is C13H12BrN3O2. The molecule has 0 fully saturated rings. The highest BCUT2D eigenvalue weighted by atomic mass is 79.9. The number of halogens is 1. The Morgan fingerprint density at radius 3 is 2.95 bits per heavy atom. The fourth-order valence-electron chi connectivity index (χ4n) is 1.40. The number of aryl methyl sites for hydroxylation is 1. The highest BCUT2D eigenvalue weighted by Crippen LogP contribution is 2.19. The van der Waals surface area contributed by atoms with Crippen molar-refractivity contribution in [3.63, 3.8) is 0 Å². The van der Waals surface area contributed by atoms with Gasteiger partial charge in [-0.3, -0.25) is 0 Å². The van der Waals surface area contributed by atoms with Gasteiger partial charge in [0.1, 0.15) is 5.76 Å². The van der Waals surface area contributed by atoms with Gasteiger partial charge in [0.05, 0.1) is 12.5 Å². The van der Waals surface area contributed by atoms with Gasteiger partial charge in [0, 0.05) is 10.2 Å². The van der Waals surface area contributed by atoms with Crippen molar-refractivity contribution >= 4 is 33.9 Å². The van der Waals surface area contributed by atoms with Gasteiger partial charge in [0.25, 0.3) is 0 Å². The molecule has 0 aliphatic rings. The smallest absolute Gasteiger partial charge is 0.339 e. The molecule has 0 aliphatic carbocycles. The van der Waals surface area contributed by atoms with Crippen molar-refractivity contribution in [3.05, 3.63) is 52.4 Å². The zero-order valence-electron chi connectivity index (χ0n) is 10.2. The monoisotopic (exact) mass is 321 g/mol. The zero-order chi connectivity index (χ0) is 13.7. The Morgan fingerprint density at radius 1 is 1.42 bits per heavy atom. The Hall–Kier alpha value is -2.08. The molecule has 1 heterocycles. The largest absolute Gasteiger partial charge is 0.463 e. The quantitative estimate of drug-likeness (QED) is 0.671. The first-order valence-corrected chi connectivity index (χ1v) is 6.34. The number of carbonyl (C=O) groups is 1. The van der Waals surface area contributed by atoms with Crippen LogP contribution < -0.4 is 10.7 Å². The van der Waals surface area contributed by atoms with Gasteiger partial charge in [0.15, 0.2) is 0 Å². The molecule has 19 heavy (non-hydrogen) atoms. The second-order valence-electron chi connectivity index (χ2n) is 3.80. The lowest BCUT2D eigenvalue weighted by Crippen LogP contribution is -2.24. The topological polar surface area (TPSA) is 66.6 Å². The number of urea groups is 1. The van der Waals surface area contributed by atoms with Gasteiger partial charge in [-0.15, -0.1) is 0 Å². The van der Waals surface area contributed by atoms with Gasteiger partial charge in [-0.05, 0) is 42.8 Å². The predicted molar refractivity (Wildman–Crippen MR) is 77.3 cm³/mol. The van der Waals surface area contributed by atoms with Crippen LogP contribution in [0.4, 0.5) is 10.5 Å². The molecule has 0 radical (unpaired) electrons. The van der Waals surface area contributed by atoms with Crippen LogP contribution in [0.2, 0.25) is 0 Å². The summed E-state index contributed by atoms with van der Waals surface area (Å²) in [6.07, 6.45) is 2.96. The molecule has 0 atom stereocenters. The van der Waals surface area contributed by atoms with E-state index in [-0.39, 0.29) is 0 Å². The van der Waals surface area contributed by atoms with Crippen LogP contribution >= 0.6 is 15.9 Å². The minimum atomic E-state index is -0.412. The molecule has 1 aromatic carbocycles. The number of hydrazone groups is 1. The molecule has 5 nitrogen and oxygen atoms in total. The van der Waals surface area contributed by atoms with Gasteiger partial charge < -0.3 is 9.73 Å². The van der Waals surface area contributed by atoms with Gasteiger partial charge in [-0.1, -0.05) is 15.9 Å². The molecule has 0 bridgehead atoms. The summed E-state index contributed by atoms with van der Waals surface area (Å²) in [7, 11) is 0. The first-order valence-electron chi connectivity index (χ1n) is 5.55. The number of furan rings is 1. The van der Waals surface area contributed by atoms with Crippen molar-refractivity contribution in [3.8, 4) is 0 Å². The Balaban J connectivity index is 1.89. The van der Waals surface area contributed by atoms with E-state index in [2.05, 4.69) is 31.8 Å². The third-order valence-electron chi connectivity index (χ3n) is 2.32. The van der Waals surface area contributed by atoms with Crippen molar-refractivity contribution in [2.75, 3.05) is 5.32 Å². The molecule has 0 saturated carbocycles. The molecule has 2 aromatic rings. The number of anilines is 1. The van der Waals surface area contributed by atoms with Crippen LogP contribution in [-0.2, 0) is 0 Å². The van der Waals surface area contributed by atoms with E-state index in [4.69, 9.17) is 4.42 Å². The number of nitrogens with one attached hydrogen (secondary N) is 2. The van der Waals surface area contributed by atoms with Crippen molar-refractivity contribution in [1.82, 2.24) is 5.43 Å². The fraction of sp³-hybridized carbons (Fsp3) is 0.0769. The van der Waals surface area contributed by atoms with Crippen molar-refractivity contribution < 1.29 is 9.21 Å². The van der Waals surface area contributed by atoms with E-state index in [1.54, 1.807) is 18.2 Å². The molecule has 2 rings (SSSR count). The third-order valence-corrected chi connectivity index (χ3v) is 3.21. The Labute approximate surface area is 118 Å². The second kappa shape index (κ2) is 6.19. The summed E-state index contributed by atoms with van der Waals surface area (Å²) < 4.78 is 6.03. The summed E-state index contributed by atoms with van der Waals surface area (Å²) in [5.74, 6) is 0.569. The number of amides is 2. The number of nitrogens with zero attached hydrogens (tertiary/aromatic N) is 1. The average molecular weight is 322 g/mol. The maximum Gasteiger partial charge on any atom is 0.339 e. The fourth-order valence-corrected chi connectivity index (χ4v) is 1.65. The summed E-state index contributed by atoms with van der Waals surface area (Å²) in [5, 5.41) is 6.43. The molecule has 2 N–H and O–H groups in total. The second-order valence-corrected chi connectivity index (χ2v) is 4.66. The number of hydrogen-bond donors (Lipinski definition) is 2. The number of carbonyl (C=O) groups excluding carboxylic acids is 1. The summed E-state index contributed by atoms with van der Waals surface area (Å²) in [4.78, 5) is 11.6. The van der Waals surface area contributed by atoms with Gasteiger partial charge >= 0.3 is 6.03 Å². The lowest BCUT2D eigenvalue weighted by molar-refractivity contribution is 0.252. The lowest BCUT2D eigenvalue weighted by Gasteiger charge is -2.05. The summed E-state index contributed by atoms with van der Waals surface area (Å²) in [6, 6.07) is 8.60. The zero-order valence-corrected chi connectivity index (χ0v) is 11.8. The SMILES string of the molecule is Cc1cc(NC(=O)N/N=C\c2ccco2)ccc1Br. The number of benzene rings is 1. The van der Waals surface area contributed by atoms with E-state index in [9.17, 15) is 4.79 Å². The maximum atomic E-state index is 11.6. The van der Waals surface area contributed by atoms with E-state index >= 15 is 0 Å². The molecule has 1 aromatic heterocycles. The first kappa shape index (κ1) is 13.4. The van der Waals surface area contributed by atoms with Crippen molar-refractivity contribution in [2.24, 2.45) is 5.10 Å². The van der Waals surface area contributed by atoms with Gasteiger partial charge in [-0.2, -0.15) is 5.10 Å². The Morgan fingerprint density at radius 2 is 2.26 bits per heavy atom. The Bertz CT molecular complexity index is 594. The van der Waals surface area contributed by atoms with Crippen molar-refractivity contribution in [1.29, 1.82) is 0 Å². The molecule has 6 heteroatoms. The van der Waals surface area contributed by atoms with E-state index < -0.39 is 6.03 Å². The van der Waals surface area contributed by atoms with Crippen LogP contribution in [0.15, 0.2) is 50.6 Å². The third kappa shape index (κ3) is 3.96. The van der Waals surface area contributed by atoms with Crippen LogP contribution in [0.1, 0.15) is 11.3 Å². The highest BCUT2D eigenvalue weighted by molar-refractivity contribution is 9.10. The predicted octanol–water partition coefficient (Wildman–Crippen LogP) is 3.51.